The SMILES string of the molecule is CCC(C)(C(=O)NCCc1nncn1C)C(N)=S. The van der Waals surface area contributed by atoms with Gasteiger partial charge < -0.3 is 15.6 Å². The average Bonchev–Trinajstić information content (AvgIpc) is 2.73. The van der Waals surface area contributed by atoms with Gasteiger partial charge in [-0.05, 0) is 13.3 Å². The Labute approximate surface area is 112 Å². The number of nitrogens with zero attached hydrogens (tertiary/aromatic N) is 3. The zero-order chi connectivity index (χ0) is 13.8. The highest BCUT2D eigenvalue weighted by molar-refractivity contribution is 7.80. The molecule has 0 aliphatic carbocycles. The Morgan fingerprint density at radius 1 is 1.67 bits per heavy atom. The van der Waals surface area contributed by atoms with Crippen molar-refractivity contribution in [3.63, 3.8) is 0 Å². The van der Waals surface area contributed by atoms with E-state index >= 15 is 0 Å². The fraction of sp³-hybridized carbons (Fsp3) is 0.636. The smallest absolute Gasteiger partial charge is 0.232 e. The monoisotopic (exact) mass is 269 g/mol. The van der Waals surface area contributed by atoms with Crippen molar-refractivity contribution in [2.45, 2.75) is 26.7 Å². The predicted molar refractivity (Wildman–Crippen MR) is 72.9 cm³/mol. The van der Waals surface area contributed by atoms with Crippen molar-refractivity contribution >= 4 is 23.1 Å². The number of thiocarbonyl (C=S) groups is 1. The van der Waals surface area contributed by atoms with E-state index in [1.807, 2.05) is 18.5 Å². The van der Waals surface area contributed by atoms with Crippen molar-refractivity contribution in [1.29, 1.82) is 0 Å². The van der Waals surface area contributed by atoms with Crippen molar-refractivity contribution < 1.29 is 4.79 Å². The first kappa shape index (κ1) is 14.6. The van der Waals surface area contributed by atoms with Crippen LogP contribution in [0, 0.1) is 5.41 Å². The molecule has 0 fully saturated rings. The average molecular weight is 269 g/mol. The molecule has 3 N–H and O–H groups in total. The molecule has 1 aromatic rings. The first-order valence-electron chi connectivity index (χ1n) is 5.83. The summed E-state index contributed by atoms with van der Waals surface area (Å²) >= 11 is 4.95. The Hall–Kier alpha value is -1.50. The largest absolute Gasteiger partial charge is 0.392 e. The second-order valence-electron chi connectivity index (χ2n) is 4.41. The number of rotatable bonds is 6. The number of hydrogen-bond acceptors (Lipinski definition) is 4. The summed E-state index contributed by atoms with van der Waals surface area (Å²) in [5.41, 5.74) is 4.83. The Balaban J connectivity index is 2.51. The normalized spacial score (nSPS) is 13.9. The summed E-state index contributed by atoms with van der Waals surface area (Å²) in [5.74, 6) is 0.684. The Kier molecular flexibility index (Phi) is 4.77. The summed E-state index contributed by atoms with van der Waals surface area (Å²) in [7, 11) is 1.86. The summed E-state index contributed by atoms with van der Waals surface area (Å²) in [6, 6.07) is 0. The number of aromatic nitrogens is 3. The van der Waals surface area contributed by atoms with Gasteiger partial charge in [-0.2, -0.15) is 0 Å². The van der Waals surface area contributed by atoms with Gasteiger partial charge in [-0.15, -0.1) is 10.2 Å². The zero-order valence-corrected chi connectivity index (χ0v) is 11.8. The van der Waals surface area contributed by atoms with Crippen LogP contribution >= 0.6 is 12.2 Å². The molecule has 1 heterocycles. The minimum Gasteiger partial charge on any atom is -0.392 e. The van der Waals surface area contributed by atoms with Crippen molar-refractivity contribution in [3.8, 4) is 0 Å². The van der Waals surface area contributed by atoms with E-state index in [0.29, 0.717) is 19.4 Å². The minimum absolute atomic E-state index is 0.139. The third-order valence-corrected chi connectivity index (χ3v) is 3.64. The van der Waals surface area contributed by atoms with E-state index in [0.717, 1.165) is 5.82 Å². The highest BCUT2D eigenvalue weighted by Gasteiger charge is 2.34. The van der Waals surface area contributed by atoms with Gasteiger partial charge in [0.05, 0.1) is 10.4 Å². The summed E-state index contributed by atoms with van der Waals surface area (Å²) in [6.07, 6.45) is 2.83. The predicted octanol–water partition coefficient (Wildman–Crippen LogP) is 0.176. The van der Waals surface area contributed by atoms with Crippen molar-refractivity contribution in [2.24, 2.45) is 18.2 Å². The van der Waals surface area contributed by atoms with Crippen LogP contribution in [0.25, 0.3) is 0 Å². The molecule has 0 saturated carbocycles. The molecule has 0 bridgehead atoms. The van der Waals surface area contributed by atoms with Crippen LogP contribution < -0.4 is 11.1 Å². The number of nitrogens with two attached hydrogens (primary N) is 1. The molecule has 1 atom stereocenters. The molecular formula is C11H19N5OS. The lowest BCUT2D eigenvalue weighted by atomic mass is 9.86. The van der Waals surface area contributed by atoms with Gasteiger partial charge >= 0.3 is 0 Å². The van der Waals surface area contributed by atoms with Crippen LogP contribution in [0.4, 0.5) is 0 Å². The highest BCUT2D eigenvalue weighted by Crippen LogP contribution is 2.21. The van der Waals surface area contributed by atoms with E-state index in [2.05, 4.69) is 15.5 Å². The van der Waals surface area contributed by atoms with Crippen LogP contribution in [0.3, 0.4) is 0 Å². The molecule has 0 aliphatic rings. The molecule has 1 amide bonds. The summed E-state index contributed by atoms with van der Waals surface area (Å²) in [4.78, 5) is 12.3. The quantitative estimate of drug-likeness (QED) is 0.719. The van der Waals surface area contributed by atoms with Gasteiger partial charge in [0.1, 0.15) is 12.2 Å². The first-order valence-corrected chi connectivity index (χ1v) is 6.23. The maximum Gasteiger partial charge on any atom is 0.232 e. The molecule has 1 aromatic heterocycles. The third-order valence-electron chi connectivity index (χ3n) is 3.19. The minimum atomic E-state index is -0.783. The third kappa shape index (κ3) is 3.04. The van der Waals surface area contributed by atoms with E-state index in [1.54, 1.807) is 13.3 Å². The number of nitrogens with one attached hydrogen (secondary N) is 1. The molecule has 100 valence electrons. The highest BCUT2D eigenvalue weighted by atomic mass is 32.1. The Bertz CT molecular complexity index is 444. The van der Waals surface area contributed by atoms with E-state index < -0.39 is 5.41 Å². The van der Waals surface area contributed by atoms with Crippen LogP contribution in [-0.4, -0.2) is 32.2 Å². The van der Waals surface area contributed by atoms with Crippen LogP contribution in [0.5, 0.6) is 0 Å². The van der Waals surface area contributed by atoms with Crippen LogP contribution in [0.15, 0.2) is 6.33 Å². The van der Waals surface area contributed by atoms with Crippen molar-refractivity contribution in [1.82, 2.24) is 20.1 Å². The van der Waals surface area contributed by atoms with Crippen LogP contribution in [0.2, 0.25) is 0 Å². The summed E-state index contributed by atoms with van der Waals surface area (Å²) in [5, 5.41) is 10.5. The zero-order valence-electron chi connectivity index (χ0n) is 10.9. The molecule has 0 aliphatic heterocycles. The second-order valence-corrected chi connectivity index (χ2v) is 4.85. The lowest BCUT2D eigenvalue weighted by molar-refractivity contribution is -0.126. The number of aryl methyl sites for hydroxylation is 1. The van der Waals surface area contributed by atoms with Gasteiger partial charge in [-0.1, -0.05) is 19.1 Å². The van der Waals surface area contributed by atoms with Crippen LogP contribution in [0.1, 0.15) is 26.1 Å². The van der Waals surface area contributed by atoms with Gasteiger partial charge in [-0.3, -0.25) is 4.79 Å². The molecule has 0 aromatic carbocycles. The lowest BCUT2D eigenvalue weighted by Gasteiger charge is -2.25. The number of hydrogen-bond donors (Lipinski definition) is 2. The number of amides is 1. The van der Waals surface area contributed by atoms with E-state index in [-0.39, 0.29) is 10.9 Å². The first-order chi connectivity index (χ1) is 8.41. The molecule has 1 rings (SSSR count). The molecule has 18 heavy (non-hydrogen) atoms. The standard InChI is InChI=1S/C11H19N5OS/c1-4-11(2,9(12)18)10(17)13-6-5-8-15-14-7-16(8)3/h7H,4-6H2,1-3H3,(H2,12,18)(H,13,17). The topological polar surface area (TPSA) is 85.8 Å². The van der Waals surface area contributed by atoms with Crippen LogP contribution in [-0.2, 0) is 18.3 Å². The molecule has 0 spiro atoms. The summed E-state index contributed by atoms with van der Waals surface area (Å²) in [6.45, 7) is 4.14. The fourth-order valence-corrected chi connectivity index (χ4v) is 1.70. The number of carbonyl (C=O) groups excluding carboxylic acids is 1. The van der Waals surface area contributed by atoms with E-state index in [9.17, 15) is 4.79 Å². The number of carbonyl (C=O) groups is 1. The van der Waals surface area contributed by atoms with Gasteiger partial charge in [0.25, 0.3) is 0 Å². The molecule has 0 radical (unpaired) electrons. The molecule has 6 nitrogen and oxygen atoms in total. The second kappa shape index (κ2) is 5.90. The Morgan fingerprint density at radius 2 is 2.33 bits per heavy atom. The summed E-state index contributed by atoms with van der Waals surface area (Å²) < 4.78 is 1.82. The maximum absolute atomic E-state index is 12.0. The van der Waals surface area contributed by atoms with E-state index in [1.165, 1.54) is 0 Å². The fourth-order valence-electron chi connectivity index (χ4n) is 1.46. The lowest BCUT2D eigenvalue weighted by Crippen LogP contribution is -2.47. The molecule has 0 saturated heterocycles. The van der Waals surface area contributed by atoms with Gasteiger partial charge in [-0.25, -0.2) is 0 Å². The molecular weight excluding hydrogens is 250 g/mol. The molecule has 1 unspecified atom stereocenters. The van der Waals surface area contributed by atoms with Gasteiger partial charge in [0.15, 0.2) is 0 Å². The molecule has 7 heteroatoms. The van der Waals surface area contributed by atoms with Gasteiger partial charge in [0.2, 0.25) is 5.91 Å². The van der Waals surface area contributed by atoms with E-state index in [4.69, 9.17) is 18.0 Å². The van der Waals surface area contributed by atoms with Crippen molar-refractivity contribution in [2.75, 3.05) is 6.54 Å². The Morgan fingerprint density at radius 3 is 2.78 bits per heavy atom. The van der Waals surface area contributed by atoms with Gasteiger partial charge in [0, 0.05) is 20.0 Å². The van der Waals surface area contributed by atoms with Crippen molar-refractivity contribution in [3.05, 3.63) is 12.2 Å². The maximum atomic E-state index is 12.0.